The van der Waals surface area contributed by atoms with E-state index in [4.69, 9.17) is 10.0 Å². The van der Waals surface area contributed by atoms with Crippen LogP contribution in [-0.2, 0) is 6.42 Å². The van der Waals surface area contributed by atoms with Crippen molar-refractivity contribution in [1.29, 1.82) is 0 Å². The summed E-state index contributed by atoms with van der Waals surface area (Å²) in [6.07, 6.45) is 0.481. The molecule has 5 heteroatoms. The number of benzene rings is 1. The average Bonchev–Trinajstić information content (AvgIpc) is 2.02. The summed E-state index contributed by atoms with van der Waals surface area (Å²) in [5.74, 6) is -0.324. The van der Waals surface area contributed by atoms with Crippen molar-refractivity contribution in [1.82, 2.24) is 0 Å². The highest BCUT2D eigenvalue weighted by Gasteiger charge is 2.09. The lowest BCUT2D eigenvalue weighted by Crippen LogP contribution is -2.11. The number of hydrogen-bond donors (Lipinski definition) is 2. The van der Waals surface area contributed by atoms with Crippen molar-refractivity contribution >= 4 is 23.0 Å². The SMILES string of the molecule is OB(O)CCc1ccc(Br)cc1F. The molecule has 1 aromatic carbocycles. The van der Waals surface area contributed by atoms with Gasteiger partial charge in [0.25, 0.3) is 0 Å². The molecule has 0 radical (unpaired) electrons. The van der Waals surface area contributed by atoms with Crippen LogP contribution >= 0.6 is 15.9 Å². The summed E-state index contributed by atoms with van der Waals surface area (Å²) in [6.45, 7) is 0. The van der Waals surface area contributed by atoms with Crippen molar-refractivity contribution in [2.75, 3.05) is 0 Å². The van der Waals surface area contributed by atoms with Crippen molar-refractivity contribution in [3.8, 4) is 0 Å². The minimum atomic E-state index is -1.37. The van der Waals surface area contributed by atoms with E-state index < -0.39 is 7.12 Å². The van der Waals surface area contributed by atoms with Crippen LogP contribution in [0.25, 0.3) is 0 Å². The maximum atomic E-state index is 13.1. The molecule has 0 unspecified atom stereocenters. The number of hydrogen-bond acceptors (Lipinski definition) is 2. The quantitative estimate of drug-likeness (QED) is 0.796. The Kier molecular flexibility index (Phi) is 3.90. The average molecular weight is 247 g/mol. The van der Waals surface area contributed by atoms with E-state index in [9.17, 15) is 4.39 Å². The van der Waals surface area contributed by atoms with E-state index in [1.54, 1.807) is 12.1 Å². The third kappa shape index (κ3) is 3.46. The molecule has 2 N–H and O–H groups in total. The zero-order valence-electron chi connectivity index (χ0n) is 6.87. The fourth-order valence-corrected chi connectivity index (χ4v) is 1.34. The minimum Gasteiger partial charge on any atom is -0.427 e. The molecule has 0 saturated heterocycles. The molecule has 13 heavy (non-hydrogen) atoms. The fourth-order valence-electron chi connectivity index (χ4n) is 1.01. The first-order chi connectivity index (χ1) is 6.09. The molecule has 0 aliphatic heterocycles. The molecule has 0 spiro atoms. The van der Waals surface area contributed by atoms with E-state index >= 15 is 0 Å². The van der Waals surface area contributed by atoms with Gasteiger partial charge in [-0.15, -0.1) is 0 Å². The van der Waals surface area contributed by atoms with Crippen molar-refractivity contribution in [3.63, 3.8) is 0 Å². The third-order valence-corrected chi connectivity index (χ3v) is 2.18. The molecule has 1 rings (SSSR count). The number of aryl methyl sites for hydroxylation is 1. The van der Waals surface area contributed by atoms with E-state index in [0.29, 0.717) is 16.5 Å². The van der Waals surface area contributed by atoms with Gasteiger partial charge in [0.05, 0.1) is 0 Å². The second kappa shape index (κ2) is 4.74. The second-order valence-corrected chi connectivity index (χ2v) is 3.67. The van der Waals surface area contributed by atoms with Gasteiger partial charge in [-0.25, -0.2) is 4.39 Å². The molecule has 0 aliphatic rings. The highest BCUT2D eigenvalue weighted by atomic mass is 79.9. The van der Waals surface area contributed by atoms with Crippen LogP contribution in [0, 0.1) is 5.82 Å². The number of halogens is 2. The molecular formula is C8H9BBrFO2. The summed E-state index contributed by atoms with van der Waals surface area (Å²) >= 11 is 3.14. The second-order valence-electron chi connectivity index (χ2n) is 2.76. The zero-order valence-corrected chi connectivity index (χ0v) is 8.46. The largest absolute Gasteiger partial charge is 0.451 e. The van der Waals surface area contributed by atoms with Crippen molar-refractivity contribution in [3.05, 3.63) is 34.1 Å². The molecule has 0 bridgehead atoms. The van der Waals surface area contributed by atoms with Crippen LogP contribution in [0.3, 0.4) is 0 Å². The predicted octanol–water partition coefficient (Wildman–Crippen LogP) is 1.60. The van der Waals surface area contributed by atoms with Gasteiger partial charge in [-0.3, -0.25) is 0 Å². The van der Waals surface area contributed by atoms with Crippen molar-refractivity contribution < 1.29 is 14.4 Å². The molecular weight excluding hydrogens is 238 g/mol. The molecule has 0 aliphatic carbocycles. The van der Waals surface area contributed by atoms with Crippen LogP contribution in [0.1, 0.15) is 5.56 Å². The molecule has 70 valence electrons. The molecule has 2 nitrogen and oxygen atoms in total. The first kappa shape index (κ1) is 10.7. The molecule has 1 aromatic rings. The van der Waals surface area contributed by atoms with Gasteiger partial charge in [-0.1, -0.05) is 22.0 Å². The number of rotatable bonds is 3. The Morgan fingerprint density at radius 1 is 1.38 bits per heavy atom. The van der Waals surface area contributed by atoms with Crippen LogP contribution in [0.2, 0.25) is 6.32 Å². The van der Waals surface area contributed by atoms with Gasteiger partial charge in [0.15, 0.2) is 0 Å². The lowest BCUT2D eigenvalue weighted by molar-refractivity contribution is 0.405. The van der Waals surface area contributed by atoms with E-state index in [0.717, 1.165) is 0 Å². The van der Waals surface area contributed by atoms with Crippen LogP contribution in [0.4, 0.5) is 4.39 Å². The van der Waals surface area contributed by atoms with Gasteiger partial charge in [0, 0.05) is 4.47 Å². The molecule has 0 amide bonds. The van der Waals surface area contributed by atoms with Crippen LogP contribution in [-0.4, -0.2) is 17.2 Å². The predicted molar refractivity (Wildman–Crippen MR) is 52.8 cm³/mol. The minimum absolute atomic E-state index is 0.151. The van der Waals surface area contributed by atoms with E-state index in [2.05, 4.69) is 15.9 Å². The maximum Gasteiger partial charge on any atom is 0.451 e. The fraction of sp³-hybridized carbons (Fsp3) is 0.250. The molecule has 0 saturated carbocycles. The Hall–Kier alpha value is -0.385. The normalized spacial score (nSPS) is 10.2. The van der Waals surface area contributed by atoms with Crippen LogP contribution in [0.15, 0.2) is 22.7 Å². The standard InChI is InChI=1S/C8H9BBrFO2/c10-7-2-1-6(8(11)5-7)3-4-9(12)13/h1-2,5,12-13H,3-4H2. The highest BCUT2D eigenvalue weighted by molar-refractivity contribution is 9.10. The van der Waals surface area contributed by atoms with Gasteiger partial charge in [-0.05, 0) is 30.4 Å². The summed E-state index contributed by atoms with van der Waals surface area (Å²) < 4.78 is 13.8. The van der Waals surface area contributed by atoms with E-state index in [1.165, 1.54) is 6.07 Å². The summed E-state index contributed by atoms with van der Waals surface area (Å²) in [6, 6.07) is 4.71. The van der Waals surface area contributed by atoms with Gasteiger partial charge < -0.3 is 10.0 Å². The Balaban J connectivity index is 2.67. The van der Waals surface area contributed by atoms with Gasteiger partial charge >= 0.3 is 7.12 Å². The molecule has 0 fully saturated rings. The van der Waals surface area contributed by atoms with E-state index in [-0.39, 0.29) is 12.1 Å². The maximum absolute atomic E-state index is 13.1. The molecule has 0 aromatic heterocycles. The van der Waals surface area contributed by atoms with Gasteiger partial charge in [0.2, 0.25) is 0 Å². The monoisotopic (exact) mass is 246 g/mol. The van der Waals surface area contributed by atoms with E-state index in [1.807, 2.05) is 0 Å². The molecule has 0 heterocycles. The Morgan fingerprint density at radius 2 is 2.08 bits per heavy atom. The first-order valence-corrected chi connectivity index (χ1v) is 4.69. The Bertz CT molecular complexity index is 293. The summed E-state index contributed by atoms with van der Waals surface area (Å²) in [4.78, 5) is 0. The topological polar surface area (TPSA) is 40.5 Å². The summed E-state index contributed by atoms with van der Waals surface area (Å²) in [5, 5.41) is 17.2. The summed E-state index contributed by atoms with van der Waals surface area (Å²) in [7, 11) is -1.37. The van der Waals surface area contributed by atoms with Gasteiger partial charge in [-0.2, -0.15) is 0 Å². The van der Waals surface area contributed by atoms with Crippen molar-refractivity contribution in [2.45, 2.75) is 12.7 Å². The lowest BCUT2D eigenvalue weighted by Gasteiger charge is -2.02. The first-order valence-electron chi connectivity index (χ1n) is 3.89. The smallest absolute Gasteiger partial charge is 0.427 e. The Morgan fingerprint density at radius 3 is 2.62 bits per heavy atom. The zero-order chi connectivity index (χ0) is 9.84. The highest BCUT2D eigenvalue weighted by Crippen LogP contribution is 2.16. The Labute approximate surface area is 84.7 Å². The molecule has 0 atom stereocenters. The van der Waals surface area contributed by atoms with Gasteiger partial charge in [0.1, 0.15) is 5.82 Å². The van der Waals surface area contributed by atoms with Crippen LogP contribution < -0.4 is 0 Å². The summed E-state index contributed by atoms with van der Waals surface area (Å²) in [5.41, 5.74) is 0.497. The van der Waals surface area contributed by atoms with Crippen molar-refractivity contribution in [2.24, 2.45) is 0 Å². The lowest BCUT2D eigenvalue weighted by atomic mass is 9.83. The van der Waals surface area contributed by atoms with Crippen LogP contribution in [0.5, 0.6) is 0 Å². The third-order valence-electron chi connectivity index (χ3n) is 1.69.